The molecule has 0 unspecified atom stereocenters. The van der Waals surface area contributed by atoms with Gasteiger partial charge in [0.1, 0.15) is 6.42 Å². The lowest BCUT2D eigenvalue weighted by molar-refractivity contribution is -0.126. The summed E-state index contributed by atoms with van der Waals surface area (Å²) in [6.45, 7) is 2.32. The molecule has 2 aromatic rings. The standard InChI is InChI=1S/C17H16BrClN2O2/c1-11-2-7-14(8-15(11)18)21-17(23)9-16(22)20-10-12-3-5-13(19)6-4-12/h2-8H,9-10H2,1H3,(H,20,22)(H,21,23). The molecule has 0 heterocycles. The van der Waals surface area contributed by atoms with E-state index < -0.39 is 0 Å². The van der Waals surface area contributed by atoms with E-state index in [1.807, 2.05) is 25.1 Å². The van der Waals surface area contributed by atoms with Crippen molar-refractivity contribution >= 4 is 45.0 Å². The summed E-state index contributed by atoms with van der Waals surface area (Å²) in [6, 6.07) is 12.7. The molecule has 2 rings (SSSR count). The molecule has 0 bridgehead atoms. The molecule has 6 heteroatoms. The van der Waals surface area contributed by atoms with Gasteiger partial charge in [-0.3, -0.25) is 9.59 Å². The number of halogens is 2. The fourth-order valence-corrected chi connectivity index (χ4v) is 2.39. The van der Waals surface area contributed by atoms with Gasteiger partial charge in [-0.15, -0.1) is 0 Å². The van der Waals surface area contributed by atoms with Gasteiger partial charge in [0.05, 0.1) is 0 Å². The summed E-state index contributed by atoms with van der Waals surface area (Å²) in [5, 5.41) is 6.05. The molecule has 0 atom stereocenters. The molecule has 0 fully saturated rings. The summed E-state index contributed by atoms with van der Waals surface area (Å²) < 4.78 is 0.905. The molecule has 0 saturated heterocycles. The average Bonchev–Trinajstić information content (AvgIpc) is 2.50. The third kappa shape index (κ3) is 5.69. The Morgan fingerprint density at radius 1 is 1.09 bits per heavy atom. The van der Waals surface area contributed by atoms with Gasteiger partial charge in [0.15, 0.2) is 0 Å². The average molecular weight is 396 g/mol. The lowest BCUT2D eigenvalue weighted by atomic mass is 10.2. The van der Waals surface area contributed by atoms with Gasteiger partial charge >= 0.3 is 0 Å². The summed E-state index contributed by atoms with van der Waals surface area (Å²) in [5.74, 6) is -0.682. The van der Waals surface area contributed by atoms with Crippen LogP contribution in [-0.2, 0) is 16.1 Å². The maximum absolute atomic E-state index is 11.9. The van der Waals surface area contributed by atoms with Gasteiger partial charge in [0.2, 0.25) is 11.8 Å². The molecule has 2 aromatic carbocycles. The van der Waals surface area contributed by atoms with Crippen molar-refractivity contribution in [2.75, 3.05) is 5.32 Å². The minimum Gasteiger partial charge on any atom is -0.352 e. The molecule has 2 amide bonds. The number of rotatable bonds is 5. The Kier molecular flexibility index (Phi) is 6.19. The number of benzene rings is 2. The quantitative estimate of drug-likeness (QED) is 0.750. The number of amides is 2. The molecule has 0 spiro atoms. The van der Waals surface area contributed by atoms with E-state index in [0.717, 1.165) is 15.6 Å². The van der Waals surface area contributed by atoms with Crippen LogP contribution in [0.15, 0.2) is 46.9 Å². The van der Waals surface area contributed by atoms with Crippen LogP contribution >= 0.6 is 27.5 Å². The summed E-state index contributed by atoms with van der Waals surface area (Å²) in [6.07, 6.45) is -0.223. The fourth-order valence-electron chi connectivity index (χ4n) is 1.89. The Bertz CT molecular complexity index is 717. The molecule has 23 heavy (non-hydrogen) atoms. The summed E-state index contributed by atoms with van der Waals surface area (Å²) in [4.78, 5) is 23.7. The zero-order valence-corrected chi connectivity index (χ0v) is 14.9. The highest BCUT2D eigenvalue weighted by Gasteiger charge is 2.10. The van der Waals surface area contributed by atoms with Gasteiger partial charge in [-0.25, -0.2) is 0 Å². The smallest absolute Gasteiger partial charge is 0.233 e. The number of aryl methyl sites for hydroxylation is 1. The molecule has 0 aliphatic heterocycles. The zero-order valence-electron chi connectivity index (χ0n) is 12.5. The third-order valence-electron chi connectivity index (χ3n) is 3.18. The third-order valence-corrected chi connectivity index (χ3v) is 4.29. The molecule has 0 saturated carbocycles. The Morgan fingerprint density at radius 2 is 1.78 bits per heavy atom. The molecule has 2 N–H and O–H groups in total. The maximum Gasteiger partial charge on any atom is 0.233 e. The Hall–Kier alpha value is -1.85. The van der Waals surface area contributed by atoms with Gasteiger partial charge in [-0.1, -0.05) is 45.7 Å². The molecule has 4 nitrogen and oxygen atoms in total. The van der Waals surface area contributed by atoms with Crippen LogP contribution in [0.5, 0.6) is 0 Å². The Morgan fingerprint density at radius 3 is 2.43 bits per heavy atom. The SMILES string of the molecule is Cc1ccc(NC(=O)CC(=O)NCc2ccc(Cl)cc2)cc1Br. The van der Waals surface area contributed by atoms with Crippen molar-refractivity contribution in [2.24, 2.45) is 0 Å². The second kappa shape index (κ2) is 8.13. The predicted molar refractivity (Wildman–Crippen MR) is 95.4 cm³/mol. The number of anilines is 1. The Balaban J connectivity index is 1.81. The highest BCUT2D eigenvalue weighted by molar-refractivity contribution is 9.10. The minimum absolute atomic E-state index is 0.223. The van der Waals surface area contributed by atoms with Crippen LogP contribution in [0.25, 0.3) is 0 Å². The van der Waals surface area contributed by atoms with E-state index in [1.165, 1.54) is 0 Å². The normalized spacial score (nSPS) is 10.2. The van der Waals surface area contributed by atoms with Gasteiger partial charge < -0.3 is 10.6 Å². The first-order chi connectivity index (χ1) is 10.9. The fraction of sp³-hybridized carbons (Fsp3) is 0.176. The monoisotopic (exact) mass is 394 g/mol. The molecular weight excluding hydrogens is 380 g/mol. The van der Waals surface area contributed by atoms with Gasteiger partial charge in [0, 0.05) is 21.7 Å². The highest BCUT2D eigenvalue weighted by atomic mass is 79.9. The summed E-state index contributed by atoms with van der Waals surface area (Å²) >= 11 is 9.20. The van der Waals surface area contributed by atoms with Crippen LogP contribution in [0, 0.1) is 6.92 Å². The van der Waals surface area contributed by atoms with Crippen molar-refractivity contribution in [3.05, 3.63) is 63.1 Å². The first-order valence-corrected chi connectivity index (χ1v) is 8.18. The summed E-state index contributed by atoms with van der Waals surface area (Å²) in [7, 11) is 0. The molecule has 0 aromatic heterocycles. The van der Waals surface area contributed by atoms with E-state index in [9.17, 15) is 9.59 Å². The van der Waals surface area contributed by atoms with E-state index in [4.69, 9.17) is 11.6 Å². The topological polar surface area (TPSA) is 58.2 Å². The van der Waals surface area contributed by atoms with Crippen molar-refractivity contribution in [1.82, 2.24) is 5.32 Å². The van der Waals surface area contributed by atoms with Crippen LogP contribution in [0.4, 0.5) is 5.69 Å². The second-order valence-electron chi connectivity index (χ2n) is 5.09. The molecule has 0 aliphatic carbocycles. The van der Waals surface area contributed by atoms with Crippen molar-refractivity contribution in [2.45, 2.75) is 19.9 Å². The van der Waals surface area contributed by atoms with Crippen molar-refractivity contribution in [3.8, 4) is 0 Å². The lowest BCUT2D eigenvalue weighted by Crippen LogP contribution is -2.27. The van der Waals surface area contributed by atoms with E-state index >= 15 is 0 Å². The molecule has 0 radical (unpaired) electrons. The molecular formula is C17H16BrClN2O2. The first kappa shape index (κ1) is 17.5. The highest BCUT2D eigenvalue weighted by Crippen LogP contribution is 2.20. The van der Waals surface area contributed by atoms with E-state index in [2.05, 4.69) is 26.6 Å². The number of hydrogen-bond acceptors (Lipinski definition) is 2. The lowest BCUT2D eigenvalue weighted by Gasteiger charge is -2.08. The van der Waals surface area contributed by atoms with Crippen LogP contribution in [-0.4, -0.2) is 11.8 Å². The largest absolute Gasteiger partial charge is 0.352 e. The molecule has 120 valence electrons. The number of carbonyl (C=O) groups is 2. The van der Waals surface area contributed by atoms with Gasteiger partial charge in [-0.2, -0.15) is 0 Å². The van der Waals surface area contributed by atoms with Crippen molar-refractivity contribution in [1.29, 1.82) is 0 Å². The van der Waals surface area contributed by atoms with Crippen LogP contribution in [0.1, 0.15) is 17.5 Å². The van der Waals surface area contributed by atoms with E-state index in [0.29, 0.717) is 17.3 Å². The van der Waals surface area contributed by atoms with E-state index in [1.54, 1.807) is 24.3 Å². The Labute approximate surface area is 148 Å². The predicted octanol–water partition coefficient (Wildman–Crippen LogP) is 4.06. The van der Waals surface area contributed by atoms with Crippen LogP contribution in [0.3, 0.4) is 0 Å². The van der Waals surface area contributed by atoms with Crippen molar-refractivity contribution in [3.63, 3.8) is 0 Å². The molecule has 0 aliphatic rings. The van der Waals surface area contributed by atoms with Gasteiger partial charge in [-0.05, 0) is 42.3 Å². The number of carbonyl (C=O) groups excluding carboxylic acids is 2. The number of hydrogen-bond donors (Lipinski definition) is 2. The number of nitrogens with one attached hydrogen (secondary N) is 2. The van der Waals surface area contributed by atoms with Crippen LogP contribution < -0.4 is 10.6 Å². The first-order valence-electron chi connectivity index (χ1n) is 7.01. The van der Waals surface area contributed by atoms with E-state index in [-0.39, 0.29) is 18.2 Å². The van der Waals surface area contributed by atoms with Gasteiger partial charge in [0.25, 0.3) is 0 Å². The summed E-state index contributed by atoms with van der Waals surface area (Å²) in [5.41, 5.74) is 2.65. The van der Waals surface area contributed by atoms with Crippen molar-refractivity contribution < 1.29 is 9.59 Å². The van der Waals surface area contributed by atoms with Crippen LogP contribution in [0.2, 0.25) is 5.02 Å². The zero-order chi connectivity index (χ0) is 16.8. The maximum atomic E-state index is 11.9. The second-order valence-corrected chi connectivity index (χ2v) is 6.38. The minimum atomic E-state index is -0.352.